The second-order valence-corrected chi connectivity index (χ2v) is 11.9. The molecule has 0 amide bonds. The molecule has 4 aromatic rings. The summed E-state index contributed by atoms with van der Waals surface area (Å²) < 4.78 is 13.2. The number of fused-ring (bicyclic) bond motifs is 1. The molecule has 0 bridgehead atoms. The van der Waals surface area contributed by atoms with Crippen molar-refractivity contribution < 1.29 is 9.26 Å². The van der Waals surface area contributed by atoms with Gasteiger partial charge in [-0.2, -0.15) is 0 Å². The van der Waals surface area contributed by atoms with Crippen molar-refractivity contribution in [2.24, 2.45) is 11.8 Å². The Bertz CT molecular complexity index is 1650. The van der Waals surface area contributed by atoms with Gasteiger partial charge in [-0.15, -0.1) is 0 Å². The maximum Gasteiger partial charge on any atom is 0.439 e. The molecule has 1 saturated carbocycles. The van der Waals surface area contributed by atoms with Gasteiger partial charge in [-0.05, 0) is 50.2 Å². The number of nitrogens with one attached hydrogen (secondary N) is 2. The van der Waals surface area contributed by atoms with E-state index in [2.05, 4.69) is 45.4 Å². The van der Waals surface area contributed by atoms with E-state index < -0.39 is 5.76 Å². The highest BCUT2D eigenvalue weighted by Crippen LogP contribution is 2.37. The van der Waals surface area contributed by atoms with E-state index in [0.29, 0.717) is 46.6 Å². The van der Waals surface area contributed by atoms with Crippen molar-refractivity contribution in [2.75, 3.05) is 18.1 Å². The fraction of sp³-hybridized carbons (Fsp3) is 0.552. The molecular formula is C29H36ClN7O4. The van der Waals surface area contributed by atoms with E-state index in [1.807, 2.05) is 0 Å². The minimum Gasteiger partial charge on any atom is -0.374 e. The lowest BCUT2D eigenvalue weighted by molar-refractivity contribution is 0.00951. The highest BCUT2D eigenvalue weighted by Gasteiger charge is 2.33. The van der Waals surface area contributed by atoms with Crippen molar-refractivity contribution in [3.63, 3.8) is 0 Å². The molecule has 0 aromatic carbocycles. The molecule has 12 heteroatoms. The third-order valence-electron chi connectivity index (χ3n) is 8.61. The normalized spacial score (nSPS) is 23.4. The molecule has 0 radical (unpaired) electrons. The van der Waals surface area contributed by atoms with Crippen LogP contribution in [0.3, 0.4) is 0 Å². The molecule has 41 heavy (non-hydrogen) atoms. The predicted octanol–water partition coefficient (Wildman–Crippen LogP) is 5.00. The predicted molar refractivity (Wildman–Crippen MR) is 157 cm³/mol. The summed E-state index contributed by atoms with van der Waals surface area (Å²) in [7, 11) is 0. The third-order valence-corrected chi connectivity index (χ3v) is 8.83. The molecule has 1 aliphatic carbocycles. The number of aromatic nitrogens is 6. The molecule has 5 heterocycles. The van der Waals surface area contributed by atoms with Crippen molar-refractivity contribution in [3.05, 3.63) is 44.3 Å². The highest BCUT2D eigenvalue weighted by molar-refractivity contribution is 6.30. The molecule has 1 saturated heterocycles. The molecule has 2 N–H and O–H groups in total. The van der Waals surface area contributed by atoms with Gasteiger partial charge in [-0.3, -0.25) is 14.3 Å². The zero-order valence-corrected chi connectivity index (χ0v) is 24.4. The van der Waals surface area contributed by atoms with Gasteiger partial charge < -0.3 is 19.2 Å². The van der Waals surface area contributed by atoms with Crippen molar-refractivity contribution >= 4 is 28.6 Å². The minimum atomic E-state index is -0.689. The van der Waals surface area contributed by atoms with Crippen LogP contribution in [0.2, 0.25) is 5.02 Å². The van der Waals surface area contributed by atoms with E-state index in [0.717, 1.165) is 49.6 Å². The standard InChI is InChI=1S/C29H36ClN7O4/c1-4-5-23-17(3)36(10-11-40-23)28-33-21-13-22(26-34-29(39)41-35-26)32-24(20-12-19(30)14-31-27(20)38)25(21)37(28)15-18-8-6-16(2)7-9-18/h12-14,16-18,23H,4-11,15H2,1-3H3,(H,31,38)(H,34,35,39). The first-order chi connectivity index (χ1) is 19.8. The molecule has 1 aliphatic heterocycles. The lowest BCUT2D eigenvalue weighted by Crippen LogP contribution is -2.50. The van der Waals surface area contributed by atoms with E-state index in [-0.39, 0.29) is 23.5 Å². The number of H-pyrrole nitrogens is 2. The fourth-order valence-corrected chi connectivity index (χ4v) is 6.49. The number of hydrogen-bond donors (Lipinski definition) is 2. The quantitative estimate of drug-likeness (QED) is 0.311. The van der Waals surface area contributed by atoms with Crippen LogP contribution in [0, 0.1) is 11.8 Å². The van der Waals surface area contributed by atoms with Crippen LogP contribution in [0.5, 0.6) is 0 Å². The summed E-state index contributed by atoms with van der Waals surface area (Å²) in [5, 5.41) is 4.23. The minimum absolute atomic E-state index is 0.0988. The molecule has 2 atom stereocenters. The number of ether oxygens (including phenoxy) is 1. The SMILES string of the molecule is CCCC1OCCN(c2nc3cc(-c4noc(=O)[nH]4)nc(-c4cc(Cl)c[nH]c4=O)c3n2CC2CCC(C)CC2)C1C. The van der Waals surface area contributed by atoms with E-state index in [4.69, 9.17) is 30.8 Å². The number of nitrogens with zero attached hydrogens (tertiary/aromatic N) is 5. The zero-order valence-electron chi connectivity index (χ0n) is 23.7. The van der Waals surface area contributed by atoms with Gasteiger partial charge in [0.15, 0.2) is 0 Å². The number of pyridine rings is 2. The average Bonchev–Trinajstić information content (AvgIpc) is 3.55. The molecule has 6 rings (SSSR count). The van der Waals surface area contributed by atoms with Gasteiger partial charge in [0.1, 0.15) is 11.4 Å². The molecule has 2 fully saturated rings. The second kappa shape index (κ2) is 11.4. The Morgan fingerprint density at radius 2 is 1.93 bits per heavy atom. The Balaban J connectivity index is 1.59. The molecule has 218 valence electrons. The van der Waals surface area contributed by atoms with Crippen LogP contribution < -0.4 is 16.2 Å². The van der Waals surface area contributed by atoms with Gasteiger partial charge in [0.25, 0.3) is 5.56 Å². The van der Waals surface area contributed by atoms with E-state index in [1.165, 1.54) is 19.0 Å². The lowest BCUT2D eigenvalue weighted by Gasteiger charge is -2.40. The second-order valence-electron chi connectivity index (χ2n) is 11.5. The molecule has 0 spiro atoms. The van der Waals surface area contributed by atoms with Crippen LogP contribution >= 0.6 is 11.6 Å². The van der Waals surface area contributed by atoms with Crippen LogP contribution in [-0.4, -0.2) is 55.0 Å². The summed E-state index contributed by atoms with van der Waals surface area (Å²) in [6.07, 6.45) is 8.22. The Kier molecular flexibility index (Phi) is 7.74. The highest BCUT2D eigenvalue weighted by atomic mass is 35.5. The first-order valence-corrected chi connectivity index (χ1v) is 14.9. The van der Waals surface area contributed by atoms with Gasteiger partial charge in [0.2, 0.25) is 11.8 Å². The van der Waals surface area contributed by atoms with Crippen LogP contribution in [0.4, 0.5) is 5.95 Å². The monoisotopic (exact) mass is 581 g/mol. The number of morpholine rings is 1. The Hall–Kier alpha value is -3.44. The van der Waals surface area contributed by atoms with Crippen LogP contribution in [0.1, 0.15) is 59.3 Å². The number of anilines is 1. The first-order valence-electron chi connectivity index (χ1n) is 14.6. The van der Waals surface area contributed by atoms with Crippen LogP contribution in [-0.2, 0) is 11.3 Å². The van der Waals surface area contributed by atoms with E-state index >= 15 is 0 Å². The van der Waals surface area contributed by atoms with Crippen molar-refractivity contribution in [1.82, 2.24) is 29.7 Å². The van der Waals surface area contributed by atoms with Gasteiger partial charge >= 0.3 is 5.76 Å². The Labute approximate surface area is 242 Å². The number of hydrogen-bond acceptors (Lipinski definition) is 8. The molecule has 11 nitrogen and oxygen atoms in total. The van der Waals surface area contributed by atoms with Crippen molar-refractivity contribution in [3.8, 4) is 22.8 Å². The van der Waals surface area contributed by atoms with Crippen molar-refractivity contribution in [1.29, 1.82) is 0 Å². The summed E-state index contributed by atoms with van der Waals surface area (Å²) >= 11 is 6.36. The number of rotatable bonds is 7. The first kappa shape index (κ1) is 27.7. The van der Waals surface area contributed by atoms with Crippen LogP contribution in [0.15, 0.2) is 32.4 Å². The number of halogens is 1. The van der Waals surface area contributed by atoms with Gasteiger partial charge in [-0.1, -0.05) is 49.9 Å². The van der Waals surface area contributed by atoms with Crippen molar-refractivity contribution in [2.45, 2.75) is 78.0 Å². The summed E-state index contributed by atoms with van der Waals surface area (Å²) in [6, 6.07) is 3.52. The molecule has 2 aliphatic rings. The average molecular weight is 582 g/mol. The lowest BCUT2D eigenvalue weighted by atomic mass is 9.83. The third kappa shape index (κ3) is 5.44. The zero-order chi connectivity index (χ0) is 28.7. The number of imidazole rings is 1. The molecular weight excluding hydrogens is 546 g/mol. The van der Waals surface area contributed by atoms with E-state index in [1.54, 1.807) is 12.1 Å². The van der Waals surface area contributed by atoms with Gasteiger partial charge in [0.05, 0.1) is 40.4 Å². The Morgan fingerprint density at radius 3 is 2.66 bits per heavy atom. The maximum atomic E-state index is 13.2. The maximum absolute atomic E-state index is 13.2. The van der Waals surface area contributed by atoms with Gasteiger partial charge in [-0.25, -0.2) is 14.8 Å². The van der Waals surface area contributed by atoms with Crippen LogP contribution in [0.25, 0.3) is 33.8 Å². The fourth-order valence-electron chi connectivity index (χ4n) is 6.33. The number of aromatic amines is 2. The van der Waals surface area contributed by atoms with Gasteiger partial charge in [0, 0.05) is 19.3 Å². The molecule has 4 aromatic heterocycles. The summed E-state index contributed by atoms with van der Waals surface area (Å²) in [6.45, 7) is 8.76. The largest absolute Gasteiger partial charge is 0.439 e. The topological polar surface area (TPSA) is 135 Å². The summed E-state index contributed by atoms with van der Waals surface area (Å²) in [5.74, 6) is 1.52. The summed E-state index contributed by atoms with van der Waals surface area (Å²) in [5.41, 5.74) is 2.18. The Morgan fingerprint density at radius 1 is 1.12 bits per heavy atom. The summed E-state index contributed by atoms with van der Waals surface area (Å²) in [4.78, 5) is 42.7. The smallest absolute Gasteiger partial charge is 0.374 e. The molecule has 2 unspecified atom stereocenters. The van der Waals surface area contributed by atoms with E-state index in [9.17, 15) is 9.59 Å².